The monoisotopic (exact) mass is 253 g/mol. The van der Waals surface area contributed by atoms with Gasteiger partial charge in [-0.1, -0.05) is 6.92 Å². The number of carbonyl (C=O) groups excluding carboxylic acids is 1. The van der Waals surface area contributed by atoms with E-state index in [9.17, 15) is 4.79 Å². The molecule has 0 fully saturated rings. The van der Waals surface area contributed by atoms with Crippen molar-refractivity contribution in [1.29, 1.82) is 0 Å². The molecule has 1 amide bonds. The lowest BCUT2D eigenvalue weighted by molar-refractivity contribution is 0.0942. The molecule has 1 rings (SSSR count). The molecule has 2 N–H and O–H groups in total. The van der Waals surface area contributed by atoms with Gasteiger partial charge in [0, 0.05) is 18.7 Å². The van der Waals surface area contributed by atoms with Gasteiger partial charge in [-0.3, -0.25) is 4.79 Å². The number of carbonyl (C=O) groups is 1. The largest absolute Gasteiger partial charge is 0.493 e. The lowest BCUT2D eigenvalue weighted by Crippen LogP contribution is -2.29. The smallest absolute Gasteiger partial charge is 0.251 e. The molecule has 5 heteroatoms. The Bertz CT molecular complexity index is 406. The van der Waals surface area contributed by atoms with Crippen LogP contribution in [0, 0.1) is 5.92 Å². The Kier molecular flexibility index (Phi) is 5.45. The van der Waals surface area contributed by atoms with E-state index in [-0.39, 0.29) is 18.4 Å². The van der Waals surface area contributed by atoms with Gasteiger partial charge in [0.05, 0.1) is 14.2 Å². The highest BCUT2D eigenvalue weighted by atomic mass is 16.5. The van der Waals surface area contributed by atoms with Gasteiger partial charge in [0.25, 0.3) is 5.91 Å². The zero-order chi connectivity index (χ0) is 13.5. The summed E-state index contributed by atoms with van der Waals surface area (Å²) in [5, 5.41) is 11.6. The van der Waals surface area contributed by atoms with E-state index < -0.39 is 0 Å². The van der Waals surface area contributed by atoms with E-state index in [2.05, 4.69) is 5.32 Å². The van der Waals surface area contributed by atoms with E-state index in [1.165, 1.54) is 7.11 Å². The van der Waals surface area contributed by atoms with E-state index >= 15 is 0 Å². The molecule has 0 spiro atoms. The fourth-order valence-corrected chi connectivity index (χ4v) is 1.41. The van der Waals surface area contributed by atoms with Gasteiger partial charge in [-0.15, -0.1) is 0 Å². The van der Waals surface area contributed by atoms with Crippen molar-refractivity contribution in [2.24, 2.45) is 5.92 Å². The molecule has 1 aromatic carbocycles. The molecule has 0 bridgehead atoms. The minimum absolute atomic E-state index is 0.0362. The van der Waals surface area contributed by atoms with Crippen molar-refractivity contribution in [1.82, 2.24) is 5.32 Å². The van der Waals surface area contributed by atoms with Crippen molar-refractivity contribution in [3.8, 4) is 11.5 Å². The normalized spacial score (nSPS) is 11.8. The summed E-state index contributed by atoms with van der Waals surface area (Å²) in [5.41, 5.74) is 0.498. The Morgan fingerprint density at radius 1 is 1.33 bits per heavy atom. The van der Waals surface area contributed by atoms with E-state index in [1.807, 2.05) is 6.92 Å². The van der Waals surface area contributed by atoms with Gasteiger partial charge < -0.3 is 19.9 Å². The van der Waals surface area contributed by atoms with Crippen LogP contribution in [0.25, 0.3) is 0 Å². The number of amides is 1. The van der Waals surface area contributed by atoms with Crippen LogP contribution in [-0.2, 0) is 0 Å². The molecular formula is C13H19NO4. The third-order valence-corrected chi connectivity index (χ3v) is 2.57. The number of nitrogens with one attached hydrogen (secondary N) is 1. The van der Waals surface area contributed by atoms with Crippen LogP contribution in [0.1, 0.15) is 17.3 Å². The number of hydrogen-bond acceptors (Lipinski definition) is 4. The molecule has 0 radical (unpaired) electrons. The summed E-state index contributed by atoms with van der Waals surface area (Å²) in [6.45, 7) is 2.34. The first kappa shape index (κ1) is 14.3. The van der Waals surface area contributed by atoms with E-state index in [1.54, 1.807) is 25.3 Å². The Labute approximate surface area is 107 Å². The quantitative estimate of drug-likeness (QED) is 0.795. The van der Waals surface area contributed by atoms with Crippen LogP contribution in [-0.4, -0.2) is 38.4 Å². The van der Waals surface area contributed by atoms with Gasteiger partial charge in [-0.25, -0.2) is 0 Å². The van der Waals surface area contributed by atoms with Gasteiger partial charge in [0.15, 0.2) is 11.5 Å². The Balaban J connectivity index is 2.74. The number of aliphatic hydroxyl groups is 1. The standard InChI is InChI=1S/C13H19NO4/c1-9(8-15)7-14-13(16)10-4-5-11(17-2)12(6-10)18-3/h4-6,9,15H,7-8H2,1-3H3,(H,14,16). The van der Waals surface area contributed by atoms with Crippen molar-refractivity contribution in [2.75, 3.05) is 27.4 Å². The van der Waals surface area contributed by atoms with Crippen LogP contribution in [0.3, 0.4) is 0 Å². The summed E-state index contributed by atoms with van der Waals surface area (Å²) in [4.78, 5) is 11.8. The lowest BCUT2D eigenvalue weighted by Gasteiger charge is -2.11. The zero-order valence-electron chi connectivity index (χ0n) is 10.9. The number of rotatable bonds is 6. The molecule has 1 aromatic rings. The molecular weight excluding hydrogens is 234 g/mol. The molecule has 1 atom stereocenters. The SMILES string of the molecule is COc1ccc(C(=O)NCC(C)CO)cc1OC. The highest BCUT2D eigenvalue weighted by Gasteiger charge is 2.11. The number of aliphatic hydroxyl groups excluding tert-OH is 1. The molecule has 18 heavy (non-hydrogen) atoms. The molecule has 0 aromatic heterocycles. The molecule has 1 unspecified atom stereocenters. The van der Waals surface area contributed by atoms with E-state index in [0.717, 1.165) is 0 Å². The third kappa shape index (κ3) is 3.63. The van der Waals surface area contributed by atoms with Crippen molar-refractivity contribution in [3.63, 3.8) is 0 Å². The van der Waals surface area contributed by atoms with Gasteiger partial charge in [-0.05, 0) is 24.1 Å². The summed E-state index contributed by atoms with van der Waals surface area (Å²) in [5.74, 6) is 0.934. The summed E-state index contributed by atoms with van der Waals surface area (Å²) in [7, 11) is 3.06. The number of hydrogen-bond donors (Lipinski definition) is 2. The van der Waals surface area contributed by atoms with Crippen LogP contribution in [0.4, 0.5) is 0 Å². The van der Waals surface area contributed by atoms with E-state index in [0.29, 0.717) is 23.6 Å². The molecule has 0 saturated carbocycles. The van der Waals surface area contributed by atoms with E-state index in [4.69, 9.17) is 14.6 Å². The first-order chi connectivity index (χ1) is 8.62. The maximum absolute atomic E-state index is 11.8. The Hall–Kier alpha value is -1.75. The van der Waals surface area contributed by atoms with Gasteiger partial charge in [-0.2, -0.15) is 0 Å². The molecule has 5 nitrogen and oxygen atoms in total. The van der Waals surface area contributed by atoms with Gasteiger partial charge in [0.2, 0.25) is 0 Å². The summed E-state index contributed by atoms with van der Waals surface area (Å²) in [6, 6.07) is 4.97. The lowest BCUT2D eigenvalue weighted by atomic mass is 10.1. The second kappa shape index (κ2) is 6.86. The Morgan fingerprint density at radius 2 is 2.00 bits per heavy atom. The molecule has 100 valence electrons. The fraction of sp³-hybridized carbons (Fsp3) is 0.462. The average molecular weight is 253 g/mol. The number of methoxy groups -OCH3 is 2. The molecule has 0 aliphatic rings. The summed E-state index contributed by atoms with van der Waals surface area (Å²) < 4.78 is 10.2. The first-order valence-electron chi connectivity index (χ1n) is 5.73. The second-order valence-corrected chi connectivity index (χ2v) is 4.07. The second-order valence-electron chi connectivity index (χ2n) is 4.07. The van der Waals surface area contributed by atoms with Crippen LogP contribution < -0.4 is 14.8 Å². The highest BCUT2D eigenvalue weighted by molar-refractivity contribution is 5.94. The minimum atomic E-state index is -0.198. The molecule has 0 aliphatic heterocycles. The third-order valence-electron chi connectivity index (χ3n) is 2.57. The van der Waals surface area contributed by atoms with Crippen LogP contribution in [0.2, 0.25) is 0 Å². The number of ether oxygens (including phenoxy) is 2. The molecule has 0 aliphatic carbocycles. The van der Waals surface area contributed by atoms with Crippen LogP contribution in [0.5, 0.6) is 11.5 Å². The molecule has 0 saturated heterocycles. The topological polar surface area (TPSA) is 67.8 Å². The van der Waals surface area contributed by atoms with Gasteiger partial charge >= 0.3 is 0 Å². The summed E-state index contributed by atoms with van der Waals surface area (Å²) in [6.07, 6.45) is 0. The maximum Gasteiger partial charge on any atom is 0.251 e. The molecule has 0 heterocycles. The number of benzene rings is 1. The van der Waals surface area contributed by atoms with Gasteiger partial charge in [0.1, 0.15) is 0 Å². The average Bonchev–Trinajstić information content (AvgIpc) is 2.43. The predicted octanol–water partition coefficient (Wildman–Crippen LogP) is 1.06. The van der Waals surface area contributed by atoms with Crippen molar-refractivity contribution in [3.05, 3.63) is 23.8 Å². The fourth-order valence-electron chi connectivity index (χ4n) is 1.41. The highest BCUT2D eigenvalue weighted by Crippen LogP contribution is 2.27. The van der Waals surface area contributed by atoms with Crippen LogP contribution >= 0.6 is 0 Å². The predicted molar refractivity (Wildman–Crippen MR) is 68.1 cm³/mol. The minimum Gasteiger partial charge on any atom is -0.493 e. The maximum atomic E-state index is 11.8. The van der Waals surface area contributed by atoms with Crippen molar-refractivity contribution >= 4 is 5.91 Å². The summed E-state index contributed by atoms with van der Waals surface area (Å²) >= 11 is 0. The Morgan fingerprint density at radius 3 is 2.56 bits per heavy atom. The zero-order valence-corrected chi connectivity index (χ0v) is 10.9. The van der Waals surface area contributed by atoms with Crippen molar-refractivity contribution in [2.45, 2.75) is 6.92 Å². The van der Waals surface area contributed by atoms with Crippen molar-refractivity contribution < 1.29 is 19.4 Å². The first-order valence-corrected chi connectivity index (χ1v) is 5.73. The van der Waals surface area contributed by atoms with Crippen LogP contribution in [0.15, 0.2) is 18.2 Å².